The standard InChI is InChI=1S/C18H27NO/c1-4-14-8-10-15(11-9-14)16-6-5-7-17(12-16)19-18(20)13(2)3/h5-7,12-15H,4,8-11H2,1-3H3,(H,19,20). The van der Waals surface area contributed by atoms with Crippen LogP contribution in [0.3, 0.4) is 0 Å². The van der Waals surface area contributed by atoms with Crippen LogP contribution < -0.4 is 5.32 Å². The number of hydrogen-bond donors (Lipinski definition) is 1. The molecule has 1 aliphatic rings. The zero-order valence-electron chi connectivity index (χ0n) is 13.0. The van der Waals surface area contributed by atoms with Crippen LogP contribution in [0.1, 0.15) is 64.4 Å². The molecular weight excluding hydrogens is 246 g/mol. The van der Waals surface area contributed by atoms with Crippen LogP contribution in [-0.4, -0.2) is 5.91 Å². The maximum absolute atomic E-state index is 11.8. The summed E-state index contributed by atoms with van der Waals surface area (Å²) in [6, 6.07) is 8.43. The molecule has 0 heterocycles. The van der Waals surface area contributed by atoms with Gasteiger partial charge in [0.25, 0.3) is 0 Å². The van der Waals surface area contributed by atoms with Gasteiger partial charge in [-0.1, -0.05) is 39.3 Å². The molecule has 2 nitrogen and oxygen atoms in total. The predicted octanol–water partition coefficient (Wildman–Crippen LogP) is 4.96. The van der Waals surface area contributed by atoms with Crippen molar-refractivity contribution < 1.29 is 4.79 Å². The van der Waals surface area contributed by atoms with E-state index in [0.717, 1.165) is 11.6 Å². The van der Waals surface area contributed by atoms with Gasteiger partial charge >= 0.3 is 0 Å². The average molecular weight is 273 g/mol. The normalized spacial score (nSPS) is 22.8. The van der Waals surface area contributed by atoms with E-state index in [1.165, 1.54) is 37.7 Å². The van der Waals surface area contributed by atoms with E-state index in [-0.39, 0.29) is 11.8 Å². The van der Waals surface area contributed by atoms with Crippen LogP contribution in [-0.2, 0) is 4.79 Å². The van der Waals surface area contributed by atoms with Crippen molar-refractivity contribution in [1.29, 1.82) is 0 Å². The van der Waals surface area contributed by atoms with E-state index in [0.29, 0.717) is 5.92 Å². The highest BCUT2D eigenvalue weighted by Crippen LogP contribution is 2.37. The largest absolute Gasteiger partial charge is 0.326 e. The van der Waals surface area contributed by atoms with Crippen molar-refractivity contribution in [2.45, 2.75) is 58.8 Å². The Morgan fingerprint density at radius 1 is 1.25 bits per heavy atom. The fourth-order valence-electron chi connectivity index (χ4n) is 3.06. The summed E-state index contributed by atoms with van der Waals surface area (Å²) in [4.78, 5) is 11.8. The Bertz CT molecular complexity index is 444. The summed E-state index contributed by atoms with van der Waals surface area (Å²) in [7, 11) is 0. The van der Waals surface area contributed by atoms with Gasteiger partial charge in [0.15, 0.2) is 0 Å². The number of amides is 1. The zero-order chi connectivity index (χ0) is 14.5. The maximum atomic E-state index is 11.8. The second-order valence-corrected chi connectivity index (χ2v) is 6.40. The van der Waals surface area contributed by atoms with Crippen LogP contribution >= 0.6 is 0 Å². The van der Waals surface area contributed by atoms with Crippen molar-refractivity contribution in [3.05, 3.63) is 29.8 Å². The Kier molecular flexibility index (Phi) is 5.22. The Morgan fingerprint density at radius 3 is 2.55 bits per heavy atom. The van der Waals surface area contributed by atoms with Crippen molar-refractivity contribution in [3.8, 4) is 0 Å². The third-order valence-electron chi connectivity index (χ3n) is 4.57. The van der Waals surface area contributed by atoms with Gasteiger partial charge in [0.2, 0.25) is 5.91 Å². The molecule has 1 amide bonds. The van der Waals surface area contributed by atoms with Crippen LogP contribution in [0, 0.1) is 11.8 Å². The molecule has 0 aliphatic heterocycles. The van der Waals surface area contributed by atoms with Gasteiger partial charge in [0.05, 0.1) is 0 Å². The van der Waals surface area contributed by atoms with Crippen molar-refractivity contribution >= 4 is 11.6 Å². The van der Waals surface area contributed by atoms with Gasteiger partial charge in [-0.05, 0) is 55.2 Å². The molecule has 0 aromatic heterocycles. The summed E-state index contributed by atoms with van der Waals surface area (Å²) >= 11 is 0. The van der Waals surface area contributed by atoms with Gasteiger partial charge in [-0.2, -0.15) is 0 Å². The SMILES string of the molecule is CCC1CCC(c2cccc(NC(=O)C(C)C)c2)CC1. The minimum atomic E-state index is 0.0265. The Balaban J connectivity index is 2.01. The smallest absolute Gasteiger partial charge is 0.226 e. The van der Waals surface area contributed by atoms with Gasteiger partial charge in [0.1, 0.15) is 0 Å². The number of carbonyl (C=O) groups is 1. The lowest BCUT2D eigenvalue weighted by molar-refractivity contribution is -0.118. The van der Waals surface area contributed by atoms with E-state index in [2.05, 4.69) is 30.4 Å². The number of benzene rings is 1. The average Bonchev–Trinajstić information content (AvgIpc) is 2.47. The first-order chi connectivity index (χ1) is 9.60. The van der Waals surface area contributed by atoms with Gasteiger partial charge in [0, 0.05) is 11.6 Å². The van der Waals surface area contributed by atoms with Crippen molar-refractivity contribution in [3.63, 3.8) is 0 Å². The summed E-state index contributed by atoms with van der Waals surface area (Å²) in [5, 5.41) is 3.00. The molecule has 1 aromatic rings. The van der Waals surface area contributed by atoms with Crippen molar-refractivity contribution in [1.82, 2.24) is 0 Å². The molecule has 0 unspecified atom stereocenters. The summed E-state index contributed by atoms with van der Waals surface area (Å²) in [6.45, 7) is 6.14. The third kappa shape index (κ3) is 3.84. The molecule has 2 rings (SSSR count). The summed E-state index contributed by atoms with van der Waals surface area (Å²) < 4.78 is 0. The minimum Gasteiger partial charge on any atom is -0.326 e. The molecule has 110 valence electrons. The fraction of sp³-hybridized carbons (Fsp3) is 0.611. The number of rotatable bonds is 4. The highest BCUT2D eigenvalue weighted by Gasteiger charge is 2.21. The van der Waals surface area contributed by atoms with Crippen LogP contribution in [0.25, 0.3) is 0 Å². The third-order valence-corrected chi connectivity index (χ3v) is 4.57. The highest BCUT2D eigenvalue weighted by molar-refractivity contribution is 5.92. The first-order valence-electron chi connectivity index (χ1n) is 8.01. The van der Waals surface area contributed by atoms with Gasteiger partial charge in [-0.3, -0.25) is 4.79 Å². The Hall–Kier alpha value is -1.31. The highest BCUT2D eigenvalue weighted by atomic mass is 16.1. The van der Waals surface area contributed by atoms with Crippen molar-refractivity contribution in [2.24, 2.45) is 11.8 Å². The molecule has 0 bridgehead atoms. The number of carbonyl (C=O) groups excluding carboxylic acids is 1. The van der Waals surface area contributed by atoms with E-state index < -0.39 is 0 Å². The number of nitrogens with one attached hydrogen (secondary N) is 1. The maximum Gasteiger partial charge on any atom is 0.226 e. The number of anilines is 1. The molecular formula is C18H27NO. The van der Waals surface area contributed by atoms with E-state index in [9.17, 15) is 4.79 Å². The fourth-order valence-corrected chi connectivity index (χ4v) is 3.06. The topological polar surface area (TPSA) is 29.1 Å². The molecule has 0 saturated heterocycles. The minimum absolute atomic E-state index is 0.0265. The van der Waals surface area contributed by atoms with Crippen molar-refractivity contribution in [2.75, 3.05) is 5.32 Å². The van der Waals surface area contributed by atoms with Crippen LogP contribution in [0.2, 0.25) is 0 Å². The molecule has 1 N–H and O–H groups in total. The first kappa shape index (κ1) is 15.1. The molecule has 20 heavy (non-hydrogen) atoms. The van der Waals surface area contributed by atoms with E-state index in [1.54, 1.807) is 0 Å². The molecule has 1 aliphatic carbocycles. The monoisotopic (exact) mass is 273 g/mol. The van der Waals surface area contributed by atoms with Crippen LogP contribution in [0.15, 0.2) is 24.3 Å². The summed E-state index contributed by atoms with van der Waals surface area (Å²) in [5.41, 5.74) is 2.33. The molecule has 0 spiro atoms. The lowest BCUT2D eigenvalue weighted by Gasteiger charge is -2.28. The molecule has 2 heteroatoms. The molecule has 1 fully saturated rings. The summed E-state index contributed by atoms with van der Waals surface area (Å²) in [5.74, 6) is 1.72. The quantitative estimate of drug-likeness (QED) is 0.825. The number of hydrogen-bond acceptors (Lipinski definition) is 1. The predicted molar refractivity (Wildman–Crippen MR) is 84.9 cm³/mol. The second kappa shape index (κ2) is 6.92. The van der Waals surface area contributed by atoms with E-state index in [4.69, 9.17) is 0 Å². The van der Waals surface area contributed by atoms with Crippen LogP contribution in [0.5, 0.6) is 0 Å². The molecule has 1 saturated carbocycles. The van der Waals surface area contributed by atoms with Crippen LogP contribution in [0.4, 0.5) is 5.69 Å². The molecule has 0 radical (unpaired) electrons. The van der Waals surface area contributed by atoms with Gasteiger partial charge < -0.3 is 5.32 Å². The van der Waals surface area contributed by atoms with E-state index in [1.807, 2.05) is 19.9 Å². The molecule has 1 aromatic carbocycles. The second-order valence-electron chi connectivity index (χ2n) is 6.40. The zero-order valence-corrected chi connectivity index (χ0v) is 13.0. The first-order valence-corrected chi connectivity index (χ1v) is 8.01. The lowest BCUT2D eigenvalue weighted by Crippen LogP contribution is -2.18. The Labute approximate surface area is 123 Å². The van der Waals surface area contributed by atoms with E-state index >= 15 is 0 Å². The van der Waals surface area contributed by atoms with Gasteiger partial charge in [-0.15, -0.1) is 0 Å². The summed E-state index contributed by atoms with van der Waals surface area (Å²) in [6.07, 6.45) is 6.60. The lowest BCUT2D eigenvalue weighted by atomic mass is 9.78. The molecule has 0 atom stereocenters. The van der Waals surface area contributed by atoms with Gasteiger partial charge in [-0.25, -0.2) is 0 Å². The Morgan fingerprint density at radius 2 is 1.95 bits per heavy atom.